The molecule has 126 valence electrons. The van der Waals surface area contributed by atoms with E-state index >= 15 is 0 Å². The van der Waals surface area contributed by atoms with E-state index in [4.69, 9.17) is 4.74 Å². The molecule has 0 N–H and O–H groups in total. The Morgan fingerprint density at radius 1 is 1.14 bits per heavy atom. The summed E-state index contributed by atoms with van der Waals surface area (Å²) in [6.45, 7) is 5.02. The van der Waals surface area contributed by atoms with E-state index in [1.807, 2.05) is 0 Å². The number of unbranched alkanes of at least 4 members (excludes halogenated alkanes) is 7. The Morgan fingerprint density at radius 2 is 1.73 bits per heavy atom. The molecule has 0 radical (unpaired) electrons. The second-order valence-corrected chi connectivity index (χ2v) is 5.52. The molecule has 0 saturated heterocycles. The van der Waals surface area contributed by atoms with Gasteiger partial charge >= 0.3 is 5.97 Å². The van der Waals surface area contributed by atoms with Gasteiger partial charge in [-0.05, 0) is 19.3 Å². The lowest BCUT2D eigenvalue weighted by atomic mass is 10.1. The lowest BCUT2D eigenvalue weighted by molar-refractivity contribution is -0.671. The van der Waals surface area contributed by atoms with Crippen molar-refractivity contribution in [3.8, 4) is 0 Å². The summed E-state index contributed by atoms with van der Waals surface area (Å²) in [5, 5.41) is 0. The topological polar surface area (TPSA) is 35.1 Å². The summed E-state index contributed by atoms with van der Waals surface area (Å²) in [5.74, 6) is -0.314. The van der Waals surface area contributed by atoms with E-state index in [1.165, 1.54) is 44.6 Å². The Morgan fingerprint density at radius 3 is 2.27 bits per heavy atom. The molecule has 1 aromatic rings. The van der Waals surface area contributed by atoms with Gasteiger partial charge in [0, 0.05) is 6.08 Å². The number of hydrogen-bond donors (Lipinski definition) is 0. The first-order valence-electron chi connectivity index (χ1n) is 8.02. The van der Waals surface area contributed by atoms with Crippen molar-refractivity contribution in [2.45, 2.75) is 57.9 Å². The zero-order valence-corrected chi connectivity index (χ0v) is 14.4. The molecular formula is C17H29ClN2O2. The summed E-state index contributed by atoms with van der Waals surface area (Å²) in [4.78, 5) is 10.8. The first kappa shape index (κ1) is 20.7. The van der Waals surface area contributed by atoms with Crippen LogP contribution in [0.1, 0.15) is 51.4 Å². The fourth-order valence-electron chi connectivity index (χ4n) is 2.32. The summed E-state index contributed by atoms with van der Waals surface area (Å²) in [6.07, 6.45) is 17.4. The van der Waals surface area contributed by atoms with Crippen molar-refractivity contribution >= 4 is 5.97 Å². The van der Waals surface area contributed by atoms with Crippen LogP contribution in [-0.2, 0) is 23.1 Å². The van der Waals surface area contributed by atoms with Gasteiger partial charge in [-0.2, -0.15) is 0 Å². The first-order chi connectivity index (χ1) is 10.2. The minimum absolute atomic E-state index is 0. The van der Waals surface area contributed by atoms with Crippen LogP contribution in [0.3, 0.4) is 0 Å². The van der Waals surface area contributed by atoms with Crippen LogP contribution in [0.4, 0.5) is 0 Å². The molecule has 0 aliphatic heterocycles. The van der Waals surface area contributed by atoms with Crippen LogP contribution >= 0.6 is 0 Å². The summed E-state index contributed by atoms with van der Waals surface area (Å²) in [5.41, 5.74) is 0. The predicted octanol–water partition coefficient (Wildman–Crippen LogP) is 0.167. The Labute approximate surface area is 140 Å². The number of carbonyl (C=O) groups is 1. The number of carbonyl (C=O) groups excluding carboxylic acids is 1. The number of halogens is 1. The third-order valence-electron chi connectivity index (χ3n) is 3.55. The fraction of sp³-hybridized carbons (Fsp3) is 0.647. The first-order valence-corrected chi connectivity index (χ1v) is 8.02. The van der Waals surface area contributed by atoms with E-state index in [0.29, 0.717) is 6.61 Å². The van der Waals surface area contributed by atoms with Gasteiger partial charge in [0.05, 0.1) is 20.2 Å². The van der Waals surface area contributed by atoms with E-state index in [1.54, 1.807) is 0 Å². The smallest absolute Gasteiger partial charge is 0.330 e. The molecule has 0 aliphatic rings. The van der Waals surface area contributed by atoms with Crippen molar-refractivity contribution in [1.82, 2.24) is 4.57 Å². The minimum Gasteiger partial charge on any atom is -1.00 e. The molecule has 0 saturated carbocycles. The second-order valence-electron chi connectivity index (χ2n) is 5.52. The number of rotatable bonds is 12. The monoisotopic (exact) mass is 328 g/mol. The number of aromatic nitrogens is 2. The highest BCUT2D eigenvalue weighted by molar-refractivity contribution is 5.81. The van der Waals surface area contributed by atoms with E-state index in [2.05, 4.69) is 41.5 Å². The number of nitrogens with zero attached hydrogens (tertiary/aromatic N) is 2. The largest absolute Gasteiger partial charge is 1.00 e. The normalized spacial score (nSPS) is 10.0. The lowest BCUT2D eigenvalue weighted by Crippen LogP contribution is -3.00. The van der Waals surface area contributed by atoms with Gasteiger partial charge in [-0.3, -0.25) is 0 Å². The van der Waals surface area contributed by atoms with Gasteiger partial charge in [0.1, 0.15) is 12.4 Å². The number of hydrogen-bond acceptors (Lipinski definition) is 2. The molecule has 1 aromatic heterocycles. The molecule has 1 heterocycles. The molecule has 22 heavy (non-hydrogen) atoms. The van der Waals surface area contributed by atoms with Gasteiger partial charge in [0.15, 0.2) is 0 Å². The molecule has 0 aliphatic carbocycles. The van der Waals surface area contributed by atoms with Gasteiger partial charge in [-0.1, -0.05) is 38.7 Å². The van der Waals surface area contributed by atoms with Gasteiger partial charge in [0.2, 0.25) is 6.33 Å². The van der Waals surface area contributed by atoms with Crippen LogP contribution in [0.15, 0.2) is 31.4 Å². The average Bonchev–Trinajstić information content (AvgIpc) is 2.90. The molecule has 0 unspecified atom stereocenters. The molecule has 0 amide bonds. The maximum absolute atomic E-state index is 10.8. The summed E-state index contributed by atoms with van der Waals surface area (Å²) in [7, 11) is 2.05. The van der Waals surface area contributed by atoms with Crippen LogP contribution in [-0.4, -0.2) is 17.1 Å². The van der Waals surface area contributed by atoms with E-state index < -0.39 is 0 Å². The van der Waals surface area contributed by atoms with Crippen LogP contribution < -0.4 is 17.0 Å². The molecule has 0 aromatic carbocycles. The highest BCUT2D eigenvalue weighted by Gasteiger charge is 1.99. The van der Waals surface area contributed by atoms with Gasteiger partial charge < -0.3 is 17.1 Å². The third-order valence-corrected chi connectivity index (χ3v) is 3.55. The molecule has 0 fully saturated rings. The third kappa shape index (κ3) is 10.4. The molecule has 1 rings (SSSR count). The van der Waals surface area contributed by atoms with Crippen molar-refractivity contribution in [2.75, 3.05) is 6.61 Å². The Hall–Kier alpha value is -1.29. The molecule has 4 nitrogen and oxygen atoms in total. The minimum atomic E-state index is -0.314. The number of imidazole rings is 1. The Balaban J connectivity index is 0.00000441. The summed E-state index contributed by atoms with van der Waals surface area (Å²) in [6, 6.07) is 0. The van der Waals surface area contributed by atoms with E-state index in [9.17, 15) is 4.79 Å². The fourth-order valence-corrected chi connectivity index (χ4v) is 2.32. The molecule has 5 heteroatoms. The average molecular weight is 329 g/mol. The van der Waals surface area contributed by atoms with Gasteiger partial charge in [-0.15, -0.1) is 0 Å². The second kappa shape index (κ2) is 13.4. The Kier molecular flexibility index (Phi) is 12.6. The van der Waals surface area contributed by atoms with E-state index in [0.717, 1.165) is 19.4 Å². The SMILES string of the molecule is C=CC(=O)OCCCCCCCCCCn1cc[n+](C)c1.[Cl-]. The van der Waals surface area contributed by atoms with Crippen molar-refractivity contribution in [1.29, 1.82) is 0 Å². The Bertz CT molecular complexity index is 419. The summed E-state index contributed by atoms with van der Waals surface area (Å²) < 4.78 is 9.25. The number of esters is 1. The molecular weight excluding hydrogens is 300 g/mol. The van der Waals surface area contributed by atoms with E-state index in [-0.39, 0.29) is 18.4 Å². The van der Waals surface area contributed by atoms with Gasteiger partial charge in [0.25, 0.3) is 0 Å². The number of ether oxygens (including phenoxy) is 1. The molecule has 0 spiro atoms. The van der Waals surface area contributed by atoms with Crippen LogP contribution in [0.25, 0.3) is 0 Å². The van der Waals surface area contributed by atoms with Crippen LogP contribution in [0, 0.1) is 0 Å². The number of aryl methyl sites for hydroxylation is 2. The standard InChI is InChI=1S/C17H29N2O2.ClH/c1-3-17(20)21-15-11-9-7-5-4-6-8-10-12-19-14-13-18(2)16-19;/h3,13-14,16H,1,4-12,15H2,2H3;1H/q+1;/p-1. The van der Waals surface area contributed by atoms with Gasteiger partial charge in [-0.25, -0.2) is 13.9 Å². The van der Waals surface area contributed by atoms with Crippen LogP contribution in [0.2, 0.25) is 0 Å². The predicted molar refractivity (Wildman–Crippen MR) is 83.7 cm³/mol. The molecule has 0 atom stereocenters. The maximum Gasteiger partial charge on any atom is 0.330 e. The quantitative estimate of drug-likeness (QED) is 0.237. The summed E-state index contributed by atoms with van der Waals surface area (Å²) >= 11 is 0. The van der Waals surface area contributed by atoms with Crippen LogP contribution in [0.5, 0.6) is 0 Å². The van der Waals surface area contributed by atoms with Crippen molar-refractivity contribution < 1.29 is 26.5 Å². The lowest BCUT2D eigenvalue weighted by Gasteiger charge is -2.03. The molecule has 0 bridgehead atoms. The highest BCUT2D eigenvalue weighted by Crippen LogP contribution is 2.09. The van der Waals surface area contributed by atoms with Crippen molar-refractivity contribution in [3.63, 3.8) is 0 Å². The highest BCUT2D eigenvalue weighted by atomic mass is 35.5. The van der Waals surface area contributed by atoms with Crippen molar-refractivity contribution in [2.24, 2.45) is 7.05 Å². The zero-order valence-electron chi connectivity index (χ0n) is 13.7. The van der Waals surface area contributed by atoms with Crippen molar-refractivity contribution in [3.05, 3.63) is 31.4 Å². The zero-order chi connectivity index (χ0) is 15.3. The maximum atomic E-state index is 10.8.